The SMILES string of the molecule is COc1ccccc1C1NCCC1(C)F. The van der Waals surface area contributed by atoms with Crippen molar-refractivity contribution in [2.45, 2.75) is 25.1 Å². The molecule has 0 aromatic heterocycles. The van der Waals surface area contributed by atoms with Crippen LogP contribution in [-0.2, 0) is 0 Å². The van der Waals surface area contributed by atoms with Gasteiger partial charge >= 0.3 is 0 Å². The molecule has 1 aliphatic heterocycles. The van der Waals surface area contributed by atoms with E-state index in [2.05, 4.69) is 5.32 Å². The summed E-state index contributed by atoms with van der Waals surface area (Å²) in [5.74, 6) is 0.751. The van der Waals surface area contributed by atoms with E-state index in [4.69, 9.17) is 4.74 Å². The van der Waals surface area contributed by atoms with Gasteiger partial charge in [-0.05, 0) is 26.0 Å². The van der Waals surface area contributed by atoms with Gasteiger partial charge in [-0.2, -0.15) is 0 Å². The number of ether oxygens (including phenoxy) is 1. The number of halogens is 1. The molecular formula is C12H16FNO. The number of rotatable bonds is 2. The maximum Gasteiger partial charge on any atom is 0.129 e. The summed E-state index contributed by atoms with van der Waals surface area (Å²) in [5, 5.41) is 3.18. The Morgan fingerprint density at radius 1 is 1.47 bits per heavy atom. The lowest BCUT2D eigenvalue weighted by atomic mass is 9.92. The van der Waals surface area contributed by atoms with E-state index >= 15 is 0 Å². The molecule has 1 aromatic carbocycles. The third-order valence-corrected chi connectivity index (χ3v) is 3.01. The molecule has 1 saturated heterocycles. The van der Waals surface area contributed by atoms with Gasteiger partial charge in [-0.1, -0.05) is 18.2 Å². The van der Waals surface area contributed by atoms with Crippen LogP contribution in [0.4, 0.5) is 4.39 Å². The van der Waals surface area contributed by atoms with E-state index in [1.807, 2.05) is 24.3 Å². The van der Waals surface area contributed by atoms with Gasteiger partial charge in [0.25, 0.3) is 0 Å². The highest BCUT2D eigenvalue weighted by molar-refractivity contribution is 5.38. The summed E-state index contributed by atoms with van der Waals surface area (Å²) in [4.78, 5) is 0. The second-order valence-corrected chi connectivity index (χ2v) is 4.16. The van der Waals surface area contributed by atoms with Crippen LogP contribution in [0.25, 0.3) is 0 Å². The van der Waals surface area contributed by atoms with Crippen molar-refractivity contribution < 1.29 is 9.13 Å². The molecule has 0 spiro atoms. The van der Waals surface area contributed by atoms with Gasteiger partial charge in [-0.15, -0.1) is 0 Å². The Balaban J connectivity index is 2.36. The van der Waals surface area contributed by atoms with Gasteiger partial charge in [0.2, 0.25) is 0 Å². The predicted molar refractivity (Wildman–Crippen MR) is 57.9 cm³/mol. The van der Waals surface area contributed by atoms with Crippen molar-refractivity contribution in [1.29, 1.82) is 0 Å². The van der Waals surface area contributed by atoms with Crippen LogP contribution in [0.5, 0.6) is 5.75 Å². The molecule has 0 radical (unpaired) electrons. The number of methoxy groups -OCH3 is 1. The Bertz CT molecular complexity index is 351. The smallest absolute Gasteiger partial charge is 0.129 e. The second-order valence-electron chi connectivity index (χ2n) is 4.16. The lowest BCUT2D eigenvalue weighted by Gasteiger charge is -2.24. The lowest BCUT2D eigenvalue weighted by Crippen LogP contribution is -2.28. The average molecular weight is 209 g/mol. The Morgan fingerprint density at radius 3 is 2.80 bits per heavy atom. The van der Waals surface area contributed by atoms with Crippen LogP contribution in [-0.4, -0.2) is 19.3 Å². The third kappa shape index (κ3) is 1.84. The summed E-state index contributed by atoms with van der Waals surface area (Å²) in [7, 11) is 1.61. The normalized spacial score (nSPS) is 30.5. The van der Waals surface area contributed by atoms with Gasteiger partial charge in [-0.25, -0.2) is 4.39 Å². The monoisotopic (exact) mass is 209 g/mol. The minimum Gasteiger partial charge on any atom is -0.496 e. The van der Waals surface area contributed by atoms with Crippen LogP contribution in [0.1, 0.15) is 24.9 Å². The molecule has 1 fully saturated rings. The number of benzene rings is 1. The van der Waals surface area contributed by atoms with Gasteiger partial charge in [0.15, 0.2) is 0 Å². The van der Waals surface area contributed by atoms with Crippen LogP contribution in [0.3, 0.4) is 0 Å². The molecule has 2 rings (SSSR count). The third-order valence-electron chi connectivity index (χ3n) is 3.01. The molecule has 1 N–H and O–H groups in total. The zero-order valence-electron chi connectivity index (χ0n) is 9.09. The Hall–Kier alpha value is -1.09. The van der Waals surface area contributed by atoms with Gasteiger partial charge in [0.05, 0.1) is 13.2 Å². The Kier molecular flexibility index (Phi) is 2.65. The second kappa shape index (κ2) is 3.81. The van der Waals surface area contributed by atoms with Crippen LogP contribution < -0.4 is 10.1 Å². The molecule has 1 aliphatic rings. The average Bonchev–Trinajstić information content (AvgIpc) is 2.58. The van der Waals surface area contributed by atoms with E-state index in [9.17, 15) is 4.39 Å². The first kappa shape index (κ1) is 10.4. The van der Waals surface area contributed by atoms with E-state index in [1.54, 1.807) is 14.0 Å². The molecule has 2 unspecified atom stereocenters. The van der Waals surface area contributed by atoms with Crippen LogP contribution in [0, 0.1) is 0 Å². The fourth-order valence-electron chi connectivity index (χ4n) is 2.16. The van der Waals surface area contributed by atoms with E-state index in [1.165, 1.54) is 0 Å². The first-order valence-electron chi connectivity index (χ1n) is 5.20. The fraction of sp³-hybridized carbons (Fsp3) is 0.500. The molecule has 15 heavy (non-hydrogen) atoms. The van der Waals surface area contributed by atoms with Crippen molar-refractivity contribution in [3.05, 3.63) is 29.8 Å². The topological polar surface area (TPSA) is 21.3 Å². The highest BCUT2D eigenvalue weighted by Crippen LogP contribution is 2.39. The molecule has 0 aliphatic carbocycles. The number of hydrogen-bond acceptors (Lipinski definition) is 2. The molecular weight excluding hydrogens is 193 g/mol. The Morgan fingerprint density at radius 2 is 2.20 bits per heavy atom. The number of hydrogen-bond donors (Lipinski definition) is 1. The van der Waals surface area contributed by atoms with Gasteiger partial charge in [-0.3, -0.25) is 0 Å². The van der Waals surface area contributed by atoms with Gasteiger partial charge in [0.1, 0.15) is 11.4 Å². The molecule has 0 bridgehead atoms. The molecule has 2 nitrogen and oxygen atoms in total. The van der Waals surface area contributed by atoms with Crippen LogP contribution in [0.15, 0.2) is 24.3 Å². The highest BCUT2D eigenvalue weighted by Gasteiger charge is 2.40. The van der Waals surface area contributed by atoms with Crippen molar-refractivity contribution >= 4 is 0 Å². The first-order valence-corrected chi connectivity index (χ1v) is 5.20. The lowest BCUT2D eigenvalue weighted by molar-refractivity contribution is 0.166. The first-order chi connectivity index (χ1) is 7.15. The summed E-state index contributed by atoms with van der Waals surface area (Å²) in [5.41, 5.74) is -0.281. The standard InChI is InChI=1S/C12H16FNO/c1-12(13)7-8-14-11(12)9-5-3-4-6-10(9)15-2/h3-6,11,14H,7-8H2,1-2H3. The molecule has 3 heteroatoms. The van der Waals surface area contributed by atoms with Gasteiger partial charge in [0, 0.05) is 5.56 Å². The maximum atomic E-state index is 14.2. The van der Waals surface area contributed by atoms with E-state index in [0.717, 1.165) is 17.9 Å². The summed E-state index contributed by atoms with van der Waals surface area (Å²) in [6, 6.07) is 7.33. The molecule has 2 atom stereocenters. The molecule has 1 heterocycles. The van der Waals surface area contributed by atoms with Crippen LogP contribution in [0.2, 0.25) is 0 Å². The summed E-state index contributed by atoms with van der Waals surface area (Å²) < 4.78 is 19.4. The summed E-state index contributed by atoms with van der Waals surface area (Å²) in [6.45, 7) is 2.36. The van der Waals surface area contributed by atoms with Crippen molar-refractivity contribution in [2.24, 2.45) is 0 Å². The van der Waals surface area contributed by atoms with Crippen molar-refractivity contribution in [1.82, 2.24) is 5.32 Å². The van der Waals surface area contributed by atoms with E-state index < -0.39 is 5.67 Å². The van der Waals surface area contributed by atoms with E-state index in [0.29, 0.717) is 6.42 Å². The summed E-state index contributed by atoms with van der Waals surface area (Å²) in [6.07, 6.45) is 0.551. The summed E-state index contributed by atoms with van der Waals surface area (Å²) >= 11 is 0. The maximum absolute atomic E-state index is 14.2. The minimum absolute atomic E-state index is 0.256. The van der Waals surface area contributed by atoms with Crippen molar-refractivity contribution in [2.75, 3.05) is 13.7 Å². The molecule has 0 saturated carbocycles. The quantitative estimate of drug-likeness (QED) is 0.807. The van der Waals surface area contributed by atoms with E-state index in [-0.39, 0.29) is 6.04 Å². The fourth-order valence-corrected chi connectivity index (χ4v) is 2.16. The minimum atomic E-state index is -1.19. The molecule has 0 amide bonds. The van der Waals surface area contributed by atoms with Crippen LogP contribution >= 0.6 is 0 Å². The number of nitrogens with one attached hydrogen (secondary N) is 1. The molecule has 1 aromatic rings. The molecule has 82 valence electrons. The zero-order chi connectivity index (χ0) is 10.9. The van der Waals surface area contributed by atoms with Crippen molar-refractivity contribution in [3.8, 4) is 5.75 Å². The highest BCUT2D eigenvalue weighted by atomic mass is 19.1. The predicted octanol–water partition coefficient (Wildman–Crippen LogP) is 2.46. The largest absolute Gasteiger partial charge is 0.496 e. The number of alkyl halides is 1. The van der Waals surface area contributed by atoms with Crippen molar-refractivity contribution in [3.63, 3.8) is 0 Å². The van der Waals surface area contributed by atoms with Gasteiger partial charge < -0.3 is 10.1 Å². The zero-order valence-corrected chi connectivity index (χ0v) is 9.09. The number of para-hydroxylation sites is 1. The Labute approximate surface area is 89.4 Å².